The third kappa shape index (κ3) is 2.07. The molecule has 1 amide bonds. The van der Waals surface area contributed by atoms with E-state index in [4.69, 9.17) is 0 Å². The van der Waals surface area contributed by atoms with Crippen LogP contribution in [0.5, 0.6) is 0 Å². The minimum absolute atomic E-state index is 0.230. The summed E-state index contributed by atoms with van der Waals surface area (Å²) in [5, 5.41) is 3.41. The molecule has 0 spiro atoms. The van der Waals surface area contributed by atoms with Gasteiger partial charge in [-0.05, 0) is 29.9 Å². The van der Waals surface area contributed by atoms with Gasteiger partial charge in [0, 0.05) is 24.5 Å². The van der Waals surface area contributed by atoms with Crippen LogP contribution in [0, 0.1) is 0 Å². The topological polar surface area (TPSA) is 32.3 Å². The first-order chi connectivity index (χ1) is 9.26. The average Bonchev–Trinajstić information content (AvgIpc) is 2.73. The first-order valence-corrected chi connectivity index (χ1v) is 8.21. The van der Waals surface area contributed by atoms with Gasteiger partial charge in [0.15, 0.2) is 0 Å². The summed E-state index contributed by atoms with van der Waals surface area (Å²) in [6.45, 7) is 4.83. The van der Waals surface area contributed by atoms with Crippen LogP contribution in [0.15, 0.2) is 17.0 Å². The highest BCUT2D eigenvalue weighted by molar-refractivity contribution is 7.98. The molecule has 1 atom stereocenters. The van der Waals surface area contributed by atoms with Crippen molar-refractivity contribution in [3.05, 3.63) is 28.8 Å². The molecule has 3 rings (SSSR count). The molecule has 1 N–H and O–H groups in total. The minimum atomic E-state index is 0.230. The fourth-order valence-corrected chi connectivity index (χ4v) is 3.83. The Labute approximate surface area is 118 Å². The second-order valence-corrected chi connectivity index (χ2v) is 6.08. The van der Waals surface area contributed by atoms with Crippen LogP contribution in [0.1, 0.15) is 40.9 Å². The number of nitrogens with one attached hydrogen (secondary N) is 1. The quantitative estimate of drug-likeness (QED) is 0.861. The molecular weight excluding hydrogens is 256 g/mol. The zero-order valence-corrected chi connectivity index (χ0v) is 12.3. The average molecular weight is 276 g/mol. The van der Waals surface area contributed by atoms with Gasteiger partial charge in [0.2, 0.25) is 0 Å². The first kappa shape index (κ1) is 13.0. The number of aryl methyl sites for hydroxylation is 1. The molecule has 0 saturated carbocycles. The van der Waals surface area contributed by atoms with Crippen LogP contribution in [-0.2, 0) is 6.42 Å². The molecule has 4 heteroatoms. The zero-order valence-electron chi connectivity index (χ0n) is 11.5. The molecule has 1 aromatic rings. The Bertz CT molecular complexity index is 515. The van der Waals surface area contributed by atoms with E-state index in [1.54, 1.807) is 11.8 Å². The Morgan fingerprint density at radius 1 is 1.47 bits per heavy atom. The van der Waals surface area contributed by atoms with Crippen LogP contribution in [0.25, 0.3) is 0 Å². The van der Waals surface area contributed by atoms with Gasteiger partial charge in [-0.1, -0.05) is 19.4 Å². The van der Waals surface area contributed by atoms with Crippen LogP contribution >= 0.6 is 11.8 Å². The van der Waals surface area contributed by atoms with Crippen molar-refractivity contribution >= 4 is 17.7 Å². The van der Waals surface area contributed by atoms with E-state index in [9.17, 15) is 4.79 Å². The van der Waals surface area contributed by atoms with E-state index in [0.29, 0.717) is 0 Å². The summed E-state index contributed by atoms with van der Waals surface area (Å²) in [6, 6.07) is 4.71. The molecule has 3 nitrogen and oxygen atoms in total. The lowest BCUT2D eigenvalue weighted by Crippen LogP contribution is -2.44. The van der Waals surface area contributed by atoms with Gasteiger partial charge in [-0.2, -0.15) is 0 Å². The van der Waals surface area contributed by atoms with Crippen molar-refractivity contribution in [1.82, 2.24) is 10.2 Å². The van der Waals surface area contributed by atoms with Gasteiger partial charge in [0.05, 0.1) is 11.6 Å². The van der Waals surface area contributed by atoms with Crippen molar-refractivity contribution in [2.45, 2.75) is 30.7 Å². The minimum Gasteiger partial charge on any atom is -0.329 e. The van der Waals surface area contributed by atoms with Crippen molar-refractivity contribution in [2.24, 2.45) is 0 Å². The molecule has 2 heterocycles. The predicted octanol–water partition coefficient (Wildman–Crippen LogP) is 2.46. The van der Waals surface area contributed by atoms with Gasteiger partial charge >= 0.3 is 0 Å². The number of piperazine rings is 1. The molecule has 2 aliphatic rings. The molecule has 102 valence electrons. The van der Waals surface area contributed by atoms with E-state index in [0.717, 1.165) is 42.9 Å². The van der Waals surface area contributed by atoms with Crippen molar-refractivity contribution in [3.8, 4) is 0 Å². The SMILES string of the molecule is CCCc1cc(SC)c2c(c1)[C@@H]1CNCCN1C2=O. The number of thioether (sulfide) groups is 1. The van der Waals surface area contributed by atoms with Crippen molar-refractivity contribution in [2.75, 3.05) is 25.9 Å². The zero-order chi connectivity index (χ0) is 13.4. The molecule has 0 aliphatic carbocycles. The Morgan fingerprint density at radius 3 is 3.05 bits per heavy atom. The smallest absolute Gasteiger partial charge is 0.255 e. The van der Waals surface area contributed by atoms with E-state index in [1.807, 2.05) is 4.90 Å². The molecule has 2 aliphatic heterocycles. The summed E-state index contributed by atoms with van der Waals surface area (Å²) in [4.78, 5) is 15.8. The van der Waals surface area contributed by atoms with Crippen LogP contribution in [0.4, 0.5) is 0 Å². The first-order valence-electron chi connectivity index (χ1n) is 6.98. The predicted molar refractivity (Wildman–Crippen MR) is 78.9 cm³/mol. The molecule has 1 aromatic carbocycles. The fraction of sp³-hybridized carbons (Fsp3) is 0.533. The summed E-state index contributed by atoms with van der Waals surface area (Å²) < 4.78 is 0. The summed E-state index contributed by atoms with van der Waals surface area (Å²) >= 11 is 1.70. The summed E-state index contributed by atoms with van der Waals surface area (Å²) in [5.74, 6) is 0.230. The van der Waals surface area contributed by atoms with Crippen LogP contribution < -0.4 is 5.32 Å². The highest BCUT2D eigenvalue weighted by Crippen LogP contribution is 2.39. The van der Waals surface area contributed by atoms with E-state index in [2.05, 4.69) is 30.6 Å². The van der Waals surface area contributed by atoms with Crippen LogP contribution in [-0.4, -0.2) is 36.7 Å². The summed E-state index contributed by atoms with van der Waals surface area (Å²) in [7, 11) is 0. The molecule has 0 unspecified atom stereocenters. The molecule has 19 heavy (non-hydrogen) atoms. The Hall–Kier alpha value is -1.00. The summed E-state index contributed by atoms with van der Waals surface area (Å²) in [6.07, 6.45) is 4.30. The third-order valence-electron chi connectivity index (χ3n) is 4.03. The Balaban J connectivity index is 2.10. The Kier molecular flexibility index (Phi) is 3.54. The number of carbonyl (C=O) groups is 1. The molecule has 0 bridgehead atoms. The van der Waals surface area contributed by atoms with Crippen molar-refractivity contribution in [1.29, 1.82) is 0 Å². The lowest BCUT2D eigenvalue weighted by Gasteiger charge is -2.30. The number of amides is 1. The highest BCUT2D eigenvalue weighted by Gasteiger charge is 2.39. The third-order valence-corrected chi connectivity index (χ3v) is 4.79. The number of rotatable bonds is 3. The van der Waals surface area contributed by atoms with Gasteiger partial charge in [0.1, 0.15) is 0 Å². The van der Waals surface area contributed by atoms with Gasteiger partial charge < -0.3 is 10.2 Å². The number of carbonyl (C=O) groups excluding carboxylic acids is 1. The lowest BCUT2D eigenvalue weighted by molar-refractivity contribution is 0.0688. The fourth-order valence-electron chi connectivity index (χ4n) is 3.15. The maximum atomic E-state index is 12.6. The maximum Gasteiger partial charge on any atom is 0.255 e. The van der Waals surface area contributed by atoms with E-state index in [1.165, 1.54) is 11.1 Å². The molecular formula is C15H20N2OS. The Morgan fingerprint density at radius 2 is 2.32 bits per heavy atom. The van der Waals surface area contributed by atoms with Gasteiger partial charge in [-0.25, -0.2) is 0 Å². The molecule has 1 fully saturated rings. The van der Waals surface area contributed by atoms with Gasteiger partial charge in [-0.15, -0.1) is 11.8 Å². The number of benzene rings is 1. The highest BCUT2D eigenvalue weighted by atomic mass is 32.2. The second-order valence-electron chi connectivity index (χ2n) is 5.23. The summed E-state index contributed by atoms with van der Waals surface area (Å²) in [5.41, 5.74) is 3.57. The number of fused-ring (bicyclic) bond motifs is 3. The van der Waals surface area contributed by atoms with Crippen molar-refractivity contribution < 1.29 is 4.79 Å². The number of hydrogen-bond donors (Lipinski definition) is 1. The molecule has 0 aromatic heterocycles. The van der Waals surface area contributed by atoms with Gasteiger partial charge in [0.25, 0.3) is 5.91 Å². The van der Waals surface area contributed by atoms with Crippen LogP contribution in [0.2, 0.25) is 0 Å². The van der Waals surface area contributed by atoms with Gasteiger partial charge in [-0.3, -0.25) is 4.79 Å². The van der Waals surface area contributed by atoms with E-state index < -0.39 is 0 Å². The molecule has 1 saturated heterocycles. The van der Waals surface area contributed by atoms with E-state index >= 15 is 0 Å². The normalized spacial score (nSPS) is 21.5. The van der Waals surface area contributed by atoms with Crippen LogP contribution in [0.3, 0.4) is 0 Å². The molecule has 0 radical (unpaired) electrons. The lowest BCUT2D eigenvalue weighted by atomic mass is 9.98. The van der Waals surface area contributed by atoms with Crippen molar-refractivity contribution in [3.63, 3.8) is 0 Å². The maximum absolute atomic E-state index is 12.6. The monoisotopic (exact) mass is 276 g/mol. The number of nitrogens with zero attached hydrogens (tertiary/aromatic N) is 1. The van der Waals surface area contributed by atoms with E-state index in [-0.39, 0.29) is 11.9 Å². The second kappa shape index (κ2) is 5.17. The standard InChI is InChI=1S/C15H20N2OS/c1-3-4-10-7-11-12-9-16-5-6-17(12)15(18)14(11)13(8-10)19-2/h7-8,12,16H,3-6,9H2,1-2H3/t12-/m0/s1. The largest absolute Gasteiger partial charge is 0.329 e. The number of hydrogen-bond acceptors (Lipinski definition) is 3.